The summed E-state index contributed by atoms with van der Waals surface area (Å²) in [6.07, 6.45) is 1.97. The smallest absolute Gasteiger partial charge is 0.305 e. The molecule has 0 saturated carbocycles. The molecular formula is C18H34O6. The van der Waals surface area contributed by atoms with Gasteiger partial charge in [-0.25, -0.2) is 0 Å². The summed E-state index contributed by atoms with van der Waals surface area (Å²) in [6.45, 7) is 10.9. The highest BCUT2D eigenvalue weighted by Crippen LogP contribution is 2.15. The van der Waals surface area contributed by atoms with Gasteiger partial charge in [-0.05, 0) is 47.5 Å². The molecule has 0 spiro atoms. The molecule has 0 aliphatic carbocycles. The van der Waals surface area contributed by atoms with Crippen molar-refractivity contribution in [1.29, 1.82) is 0 Å². The quantitative estimate of drug-likeness (QED) is 0.377. The lowest BCUT2D eigenvalue weighted by Crippen LogP contribution is -2.36. The predicted molar refractivity (Wildman–Crippen MR) is 92.0 cm³/mol. The second-order valence-corrected chi connectivity index (χ2v) is 7.16. The molecule has 0 aromatic heterocycles. The Bertz CT molecular complexity index is 370. The molecular weight excluding hydrogens is 312 g/mol. The SMILES string of the molecule is COCCOC(C)(C)C(=O)CCCCC(=O)OCCOC(C)(C)C. The number of unbranched alkanes of at least 4 members (excludes halogenated alkanes) is 1. The van der Waals surface area contributed by atoms with E-state index in [1.807, 2.05) is 20.8 Å². The zero-order chi connectivity index (χ0) is 18.6. The van der Waals surface area contributed by atoms with Gasteiger partial charge in [-0.3, -0.25) is 9.59 Å². The van der Waals surface area contributed by atoms with Gasteiger partial charge in [0.1, 0.15) is 12.2 Å². The Morgan fingerprint density at radius 3 is 1.96 bits per heavy atom. The summed E-state index contributed by atoms with van der Waals surface area (Å²) in [5, 5.41) is 0. The molecule has 0 atom stereocenters. The van der Waals surface area contributed by atoms with E-state index in [9.17, 15) is 9.59 Å². The van der Waals surface area contributed by atoms with Crippen LogP contribution in [0, 0.1) is 0 Å². The maximum Gasteiger partial charge on any atom is 0.305 e. The van der Waals surface area contributed by atoms with Crippen LogP contribution in [0.15, 0.2) is 0 Å². The van der Waals surface area contributed by atoms with E-state index in [1.54, 1.807) is 21.0 Å². The van der Waals surface area contributed by atoms with Gasteiger partial charge >= 0.3 is 5.97 Å². The van der Waals surface area contributed by atoms with E-state index in [0.717, 1.165) is 0 Å². The predicted octanol–water partition coefficient (Wildman–Crippen LogP) is 2.92. The van der Waals surface area contributed by atoms with Crippen LogP contribution in [0.1, 0.15) is 60.3 Å². The standard InChI is InChI=1S/C18H34O6/c1-17(2,3)23-14-12-22-16(20)10-8-7-9-15(19)18(4,5)24-13-11-21-6/h7-14H2,1-6H3. The van der Waals surface area contributed by atoms with Crippen molar-refractivity contribution < 1.29 is 28.5 Å². The third-order valence-corrected chi connectivity index (χ3v) is 3.34. The molecule has 0 unspecified atom stereocenters. The first kappa shape index (κ1) is 23.0. The Morgan fingerprint density at radius 1 is 0.792 bits per heavy atom. The van der Waals surface area contributed by atoms with E-state index >= 15 is 0 Å². The molecule has 6 heteroatoms. The first-order valence-corrected chi connectivity index (χ1v) is 8.54. The zero-order valence-corrected chi connectivity index (χ0v) is 16.1. The van der Waals surface area contributed by atoms with Gasteiger partial charge < -0.3 is 18.9 Å². The Labute approximate surface area is 146 Å². The molecule has 142 valence electrons. The molecule has 0 aliphatic heterocycles. The minimum atomic E-state index is -0.816. The molecule has 0 aromatic carbocycles. The number of carbonyl (C=O) groups excluding carboxylic acids is 2. The molecule has 6 nitrogen and oxygen atoms in total. The van der Waals surface area contributed by atoms with Gasteiger partial charge in [-0.1, -0.05) is 0 Å². The van der Waals surface area contributed by atoms with E-state index in [-0.39, 0.29) is 24.0 Å². The van der Waals surface area contributed by atoms with Crippen LogP contribution in [-0.4, -0.2) is 56.5 Å². The van der Waals surface area contributed by atoms with Gasteiger partial charge in [0, 0.05) is 20.0 Å². The van der Waals surface area contributed by atoms with Gasteiger partial charge in [0.25, 0.3) is 0 Å². The minimum Gasteiger partial charge on any atom is -0.463 e. The number of Topliss-reactive ketones (excluding diaryl/α,β-unsaturated/α-hetero) is 1. The molecule has 0 N–H and O–H groups in total. The summed E-state index contributed by atoms with van der Waals surface area (Å²) in [4.78, 5) is 23.7. The van der Waals surface area contributed by atoms with Crippen LogP contribution in [0.2, 0.25) is 0 Å². The molecule has 0 fully saturated rings. The second-order valence-electron chi connectivity index (χ2n) is 7.16. The lowest BCUT2D eigenvalue weighted by molar-refractivity contribution is -0.147. The van der Waals surface area contributed by atoms with Crippen molar-refractivity contribution >= 4 is 11.8 Å². The van der Waals surface area contributed by atoms with Gasteiger partial charge in [-0.15, -0.1) is 0 Å². The lowest BCUT2D eigenvalue weighted by Gasteiger charge is -2.23. The molecule has 0 radical (unpaired) electrons. The molecule has 0 aliphatic rings. The van der Waals surface area contributed by atoms with Crippen LogP contribution in [0.5, 0.6) is 0 Å². The number of carbonyl (C=O) groups is 2. The fourth-order valence-corrected chi connectivity index (χ4v) is 1.89. The van der Waals surface area contributed by atoms with E-state index in [2.05, 4.69) is 0 Å². The van der Waals surface area contributed by atoms with Crippen LogP contribution in [0.4, 0.5) is 0 Å². The van der Waals surface area contributed by atoms with Crippen LogP contribution in [0.3, 0.4) is 0 Å². The van der Waals surface area contributed by atoms with E-state index < -0.39 is 5.60 Å². The third-order valence-electron chi connectivity index (χ3n) is 3.34. The first-order chi connectivity index (χ1) is 11.1. The van der Waals surface area contributed by atoms with Gasteiger partial charge in [-0.2, -0.15) is 0 Å². The average molecular weight is 346 g/mol. The van der Waals surface area contributed by atoms with Crippen LogP contribution in [-0.2, 0) is 28.5 Å². The fraction of sp³-hybridized carbons (Fsp3) is 0.889. The highest BCUT2D eigenvalue weighted by Gasteiger charge is 2.27. The number of esters is 1. The van der Waals surface area contributed by atoms with Crippen molar-refractivity contribution in [3.63, 3.8) is 0 Å². The lowest BCUT2D eigenvalue weighted by atomic mass is 9.98. The third kappa shape index (κ3) is 12.4. The first-order valence-electron chi connectivity index (χ1n) is 8.54. The average Bonchev–Trinajstić information content (AvgIpc) is 2.47. The van der Waals surface area contributed by atoms with Crippen LogP contribution in [0.25, 0.3) is 0 Å². The number of ketones is 1. The molecule has 24 heavy (non-hydrogen) atoms. The van der Waals surface area contributed by atoms with E-state index in [4.69, 9.17) is 18.9 Å². The molecule has 0 amide bonds. The molecule has 0 saturated heterocycles. The largest absolute Gasteiger partial charge is 0.463 e. The Kier molecular flexibility index (Phi) is 11.1. The summed E-state index contributed by atoms with van der Waals surface area (Å²) in [5.74, 6) is -0.221. The molecule has 0 aromatic rings. The highest BCUT2D eigenvalue weighted by molar-refractivity contribution is 5.86. The number of hydrogen-bond acceptors (Lipinski definition) is 6. The topological polar surface area (TPSA) is 71.1 Å². The molecule has 0 bridgehead atoms. The van der Waals surface area contributed by atoms with Crippen molar-refractivity contribution in [3.8, 4) is 0 Å². The summed E-state index contributed by atoms with van der Waals surface area (Å²) >= 11 is 0. The molecule has 0 heterocycles. The summed E-state index contributed by atoms with van der Waals surface area (Å²) in [6, 6.07) is 0. The normalized spacial score (nSPS) is 12.2. The summed E-state index contributed by atoms with van der Waals surface area (Å²) in [5.41, 5.74) is -1.05. The highest BCUT2D eigenvalue weighted by atomic mass is 16.6. The van der Waals surface area contributed by atoms with Crippen molar-refractivity contribution in [2.24, 2.45) is 0 Å². The summed E-state index contributed by atoms with van der Waals surface area (Å²) < 4.78 is 21.0. The van der Waals surface area contributed by atoms with Gasteiger partial charge in [0.05, 0.1) is 25.4 Å². The second kappa shape index (κ2) is 11.6. The number of hydrogen-bond donors (Lipinski definition) is 0. The van der Waals surface area contributed by atoms with Crippen molar-refractivity contribution in [1.82, 2.24) is 0 Å². The van der Waals surface area contributed by atoms with Crippen LogP contribution < -0.4 is 0 Å². The number of rotatable bonds is 13. The van der Waals surface area contributed by atoms with Crippen molar-refractivity contribution in [2.45, 2.75) is 71.5 Å². The minimum absolute atomic E-state index is 0.0329. The Balaban J connectivity index is 3.76. The number of methoxy groups -OCH3 is 1. The fourth-order valence-electron chi connectivity index (χ4n) is 1.89. The number of ether oxygens (including phenoxy) is 4. The maximum absolute atomic E-state index is 12.1. The maximum atomic E-state index is 12.1. The Morgan fingerprint density at radius 2 is 1.38 bits per heavy atom. The summed E-state index contributed by atoms with van der Waals surface area (Å²) in [7, 11) is 1.59. The Hall–Kier alpha value is -0.980. The zero-order valence-electron chi connectivity index (χ0n) is 16.1. The van der Waals surface area contributed by atoms with E-state index in [0.29, 0.717) is 45.5 Å². The monoisotopic (exact) mass is 346 g/mol. The van der Waals surface area contributed by atoms with Gasteiger partial charge in [0.2, 0.25) is 0 Å². The van der Waals surface area contributed by atoms with Gasteiger partial charge in [0.15, 0.2) is 5.78 Å². The van der Waals surface area contributed by atoms with Crippen molar-refractivity contribution in [2.75, 3.05) is 33.5 Å². The van der Waals surface area contributed by atoms with Crippen molar-refractivity contribution in [3.05, 3.63) is 0 Å². The van der Waals surface area contributed by atoms with E-state index in [1.165, 1.54) is 0 Å². The van der Waals surface area contributed by atoms with Crippen LogP contribution >= 0.6 is 0 Å². The molecule has 0 rings (SSSR count).